The first-order valence-corrected chi connectivity index (χ1v) is 11.3. The van der Waals surface area contributed by atoms with Gasteiger partial charge in [0.05, 0.1) is 4.90 Å². The Balaban J connectivity index is 1.98. The van der Waals surface area contributed by atoms with Gasteiger partial charge in [0, 0.05) is 25.6 Å². The normalized spacial score (nSPS) is 12.7. The molecule has 0 saturated carbocycles. The van der Waals surface area contributed by atoms with Gasteiger partial charge in [-0.25, -0.2) is 13.1 Å². The minimum absolute atomic E-state index is 0.0648. The molecule has 29 heavy (non-hydrogen) atoms. The van der Waals surface area contributed by atoms with E-state index in [-0.39, 0.29) is 10.3 Å². The summed E-state index contributed by atoms with van der Waals surface area (Å²) in [6.45, 7) is 7.73. The van der Waals surface area contributed by atoms with Crippen LogP contribution in [0.2, 0.25) is 0 Å². The van der Waals surface area contributed by atoms with E-state index in [1.54, 1.807) is 25.2 Å². The van der Waals surface area contributed by atoms with Crippen molar-refractivity contribution in [3.05, 3.63) is 65.2 Å². The van der Waals surface area contributed by atoms with Gasteiger partial charge >= 0.3 is 0 Å². The number of nitrogens with one attached hydrogen (secondary N) is 3. The highest BCUT2D eigenvalue weighted by Gasteiger charge is 2.21. The molecule has 0 aromatic heterocycles. The molecule has 0 fully saturated rings. The first-order valence-electron chi connectivity index (χ1n) is 9.78. The molecule has 2 aromatic carbocycles. The first kappa shape index (κ1) is 22.9. The molecule has 0 atom stereocenters. The Morgan fingerprint density at radius 1 is 1.03 bits per heavy atom. The minimum atomic E-state index is -3.45. The second-order valence-corrected chi connectivity index (χ2v) is 9.46. The van der Waals surface area contributed by atoms with Crippen molar-refractivity contribution in [3.8, 4) is 0 Å². The lowest BCUT2D eigenvalue weighted by Crippen LogP contribution is -2.43. The van der Waals surface area contributed by atoms with Crippen LogP contribution in [0, 0.1) is 0 Å². The van der Waals surface area contributed by atoms with Crippen LogP contribution in [0.25, 0.3) is 0 Å². The molecule has 0 aliphatic rings. The van der Waals surface area contributed by atoms with Crippen LogP contribution in [0.5, 0.6) is 0 Å². The molecule has 0 spiro atoms. The summed E-state index contributed by atoms with van der Waals surface area (Å²) in [7, 11) is -0.325. The Morgan fingerprint density at radius 3 is 2.31 bits per heavy atom. The smallest absolute Gasteiger partial charge is 0.240 e. The van der Waals surface area contributed by atoms with E-state index in [1.165, 1.54) is 18.2 Å². The highest BCUT2D eigenvalue weighted by Crippen LogP contribution is 2.22. The van der Waals surface area contributed by atoms with Gasteiger partial charge in [-0.1, -0.05) is 57.2 Å². The van der Waals surface area contributed by atoms with E-state index in [9.17, 15) is 8.42 Å². The Bertz CT molecular complexity index is 936. The topological polar surface area (TPSA) is 82.6 Å². The highest BCUT2D eigenvalue weighted by atomic mass is 32.2. The van der Waals surface area contributed by atoms with Crippen LogP contribution in [-0.4, -0.2) is 35.0 Å². The van der Waals surface area contributed by atoms with Crippen molar-refractivity contribution in [2.45, 2.75) is 44.0 Å². The lowest BCUT2D eigenvalue weighted by Gasteiger charge is -2.27. The highest BCUT2D eigenvalue weighted by molar-refractivity contribution is 7.89. The fourth-order valence-electron chi connectivity index (χ4n) is 2.95. The number of rotatable bonds is 8. The minimum Gasteiger partial charge on any atom is -0.356 e. The van der Waals surface area contributed by atoms with Gasteiger partial charge in [0.25, 0.3) is 0 Å². The quantitative estimate of drug-likeness (QED) is 0.456. The fourth-order valence-corrected chi connectivity index (χ4v) is 3.75. The summed E-state index contributed by atoms with van der Waals surface area (Å²) in [5.41, 5.74) is 3.39. The van der Waals surface area contributed by atoms with Crippen LogP contribution in [0.1, 0.15) is 37.5 Å². The van der Waals surface area contributed by atoms with Crippen LogP contribution < -0.4 is 15.4 Å². The van der Waals surface area contributed by atoms with Crippen LogP contribution in [0.4, 0.5) is 0 Å². The lowest BCUT2D eigenvalue weighted by molar-refractivity contribution is 0.508. The largest absolute Gasteiger partial charge is 0.356 e. The van der Waals surface area contributed by atoms with Gasteiger partial charge in [-0.3, -0.25) is 4.99 Å². The average Bonchev–Trinajstić information content (AvgIpc) is 2.74. The molecular weight excluding hydrogens is 384 g/mol. The molecule has 2 rings (SSSR count). The van der Waals surface area contributed by atoms with E-state index in [1.807, 2.05) is 6.07 Å². The number of guanidine groups is 1. The molecule has 0 saturated heterocycles. The molecular formula is C22H32N4O2S. The summed E-state index contributed by atoms with van der Waals surface area (Å²) in [6, 6.07) is 15.6. The number of hydrogen-bond donors (Lipinski definition) is 3. The maximum absolute atomic E-state index is 12.0. The molecule has 0 unspecified atom stereocenters. The molecule has 3 N–H and O–H groups in total. The lowest BCUT2D eigenvalue weighted by atomic mass is 9.84. The van der Waals surface area contributed by atoms with Crippen molar-refractivity contribution >= 4 is 16.0 Å². The zero-order valence-corrected chi connectivity index (χ0v) is 18.7. The van der Waals surface area contributed by atoms with Crippen LogP contribution >= 0.6 is 0 Å². The molecule has 0 aliphatic heterocycles. The molecule has 0 aliphatic carbocycles. The predicted molar refractivity (Wildman–Crippen MR) is 120 cm³/mol. The first-order chi connectivity index (χ1) is 13.7. The summed E-state index contributed by atoms with van der Waals surface area (Å²) in [5, 5.41) is 6.62. The van der Waals surface area contributed by atoms with Gasteiger partial charge in [0.1, 0.15) is 0 Å². The standard InChI is InChI=1S/C22H32N4O2S/c1-6-17-10-12-19(13-11-17)22(2,3)16-26-21(23-4)25-15-18-8-7-9-20(14-18)29(27,28)24-5/h7-14,24H,6,15-16H2,1-5H3,(H2,23,25,26). The zero-order chi connectivity index (χ0) is 21.5. The van der Waals surface area contributed by atoms with Crippen molar-refractivity contribution in [2.24, 2.45) is 4.99 Å². The van der Waals surface area contributed by atoms with Crippen molar-refractivity contribution in [3.63, 3.8) is 0 Å². The second-order valence-electron chi connectivity index (χ2n) is 7.57. The Labute approximate surface area is 174 Å². The van der Waals surface area contributed by atoms with E-state index in [4.69, 9.17) is 0 Å². The summed E-state index contributed by atoms with van der Waals surface area (Å²) < 4.78 is 26.3. The average molecular weight is 417 g/mol. The zero-order valence-electron chi connectivity index (χ0n) is 17.9. The molecule has 0 bridgehead atoms. The number of nitrogens with zero attached hydrogens (tertiary/aromatic N) is 1. The van der Waals surface area contributed by atoms with Gasteiger partial charge in [-0.05, 0) is 42.3 Å². The maximum Gasteiger partial charge on any atom is 0.240 e. The van der Waals surface area contributed by atoms with Gasteiger partial charge in [-0.2, -0.15) is 0 Å². The van der Waals surface area contributed by atoms with E-state index in [2.05, 4.69) is 65.4 Å². The predicted octanol–water partition coefficient (Wildman–Crippen LogP) is 2.80. The van der Waals surface area contributed by atoms with Crippen molar-refractivity contribution in [1.82, 2.24) is 15.4 Å². The number of aliphatic imine (C=N–C) groups is 1. The van der Waals surface area contributed by atoms with E-state index < -0.39 is 10.0 Å². The number of sulfonamides is 1. The van der Waals surface area contributed by atoms with Crippen molar-refractivity contribution in [2.75, 3.05) is 20.6 Å². The molecule has 0 amide bonds. The van der Waals surface area contributed by atoms with Gasteiger partial charge in [0.15, 0.2) is 5.96 Å². The summed E-state index contributed by atoms with van der Waals surface area (Å²) >= 11 is 0. The SMILES string of the molecule is CCc1ccc(C(C)(C)CNC(=NC)NCc2cccc(S(=O)(=O)NC)c2)cc1. The van der Waals surface area contributed by atoms with Crippen molar-refractivity contribution in [1.29, 1.82) is 0 Å². The molecule has 6 nitrogen and oxygen atoms in total. The van der Waals surface area contributed by atoms with Crippen molar-refractivity contribution < 1.29 is 8.42 Å². The van der Waals surface area contributed by atoms with Crippen LogP contribution in [-0.2, 0) is 28.4 Å². The Hall–Kier alpha value is -2.38. The second kappa shape index (κ2) is 9.89. The Morgan fingerprint density at radius 2 is 1.72 bits per heavy atom. The van der Waals surface area contributed by atoms with E-state index in [0.29, 0.717) is 19.0 Å². The molecule has 7 heteroatoms. The summed E-state index contributed by atoms with van der Waals surface area (Å²) in [4.78, 5) is 4.53. The third-order valence-electron chi connectivity index (χ3n) is 5.00. The summed E-state index contributed by atoms with van der Waals surface area (Å²) in [6.07, 6.45) is 1.03. The van der Waals surface area contributed by atoms with E-state index in [0.717, 1.165) is 12.0 Å². The van der Waals surface area contributed by atoms with Gasteiger partial charge in [-0.15, -0.1) is 0 Å². The van der Waals surface area contributed by atoms with Gasteiger partial charge < -0.3 is 10.6 Å². The fraction of sp³-hybridized carbons (Fsp3) is 0.409. The van der Waals surface area contributed by atoms with E-state index >= 15 is 0 Å². The molecule has 0 heterocycles. The summed E-state index contributed by atoms with van der Waals surface area (Å²) in [5.74, 6) is 0.671. The maximum atomic E-state index is 12.0. The third-order valence-corrected chi connectivity index (χ3v) is 6.41. The molecule has 158 valence electrons. The van der Waals surface area contributed by atoms with Crippen LogP contribution in [0.15, 0.2) is 58.4 Å². The molecule has 2 aromatic rings. The van der Waals surface area contributed by atoms with Gasteiger partial charge in [0.2, 0.25) is 10.0 Å². The number of benzene rings is 2. The third kappa shape index (κ3) is 6.30. The number of aryl methyl sites for hydroxylation is 1. The number of hydrogen-bond acceptors (Lipinski definition) is 3. The Kier molecular flexibility index (Phi) is 7.81. The molecule has 0 radical (unpaired) electrons. The van der Waals surface area contributed by atoms with Crippen LogP contribution in [0.3, 0.4) is 0 Å². The monoisotopic (exact) mass is 416 g/mol.